The van der Waals surface area contributed by atoms with Crippen LogP contribution in [0.2, 0.25) is 0 Å². The van der Waals surface area contributed by atoms with Gasteiger partial charge in [0, 0.05) is 22.7 Å². The second-order valence-corrected chi connectivity index (χ2v) is 6.53. The van der Waals surface area contributed by atoms with Gasteiger partial charge in [-0.2, -0.15) is 0 Å². The summed E-state index contributed by atoms with van der Waals surface area (Å²) in [5.74, 6) is 0.00166. The van der Waals surface area contributed by atoms with Crippen molar-refractivity contribution < 1.29 is 18.3 Å². The van der Waals surface area contributed by atoms with E-state index in [-0.39, 0.29) is 10.2 Å². The van der Waals surface area contributed by atoms with Crippen LogP contribution in [0.5, 0.6) is 11.5 Å². The third kappa shape index (κ3) is 2.93. The lowest BCUT2D eigenvalue weighted by Crippen LogP contribution is -2.02. The van der Waals surface area contributed by atoms with E-state index in [0.717, 1.165) is 11.6 Å². The highest BCUT2D eigenvalue weighted by molar-refractivity contribution is 9.10. The third-order valence-electron chi connectivity index (χ3n) is 4.10. The summed E-state index contributed by atoms with van der Waals surface area (Å²) < 4.78 is 40.3. The summed E-state index contributed by atoms with van der Waals surface area (Å²) >= 11 is 3.17. The van der Waals surface area contributed by atoms with E-state index in [4.69, 9.17) is 9.47 Å². The zero-order valence-corrected chi connectivity index (χ0v) is 15.8. The molecule has 0 bridgehead atoms. The van der Waals surface area contributed by atoms with Gasteiger partial charge in [0.2, 0.25) is 0 Å². The monoisotopic (exact) mass is 434 g/mol. The normalized spacial score (nSPS) is 11.1. The van der Waals surface area contributed by atoms with Crippen LogP contribution in [-0.2, 0) is 0 Å². The van der Waals surface area contributed by atoms with Crippen LogP contribution in [0.25, 0.3) is 16.6 Å². The van der Waals surface area contributed by atoms with Gasteiger partial charge in [-0.05, 0) is 22.0 Å². The lowest BCUT2D eigenvalue weighted by molar-refractivity contribution is 0.355. The number of nitrogens with zero attached hydrogens (tertiary/aromatic N) is 3. The molecule has 4 aromatic rings. The molecule has 4 rings (SSSR count). The molecule has 27 heavy (non-hydrogen) atoms. The predicted molar refractivity (Wildman–Crippen MR) is 101 cm³/mol. The molecule has 1 N–H and O–H groups in total. The van der Waals surface area contributed by atoms with Crippen molar-refractivity contribution in [3.63, 3.8) is 0 Å². The van der Waals surface area contributed by atoms with Crippen LogP contribution in [-0.4, -0.2) is 28.6 Å². The first kappa shape index (κ1) is 17.5. The number of methoxy groups -OCH3 is 2. The van der Waals surface area contributed by atoms with Gasteiger partial charge in [0.1, 0.15) is 11.3 Å². The minimum atomic E-state index is -0.742. The molecule has 138 valence electrons. The summed E-state index contributed by atoms with van der Waals surface area (Å²) in [6, 6.07) is 5.48. The zero-order valence-electron chi connectivity index (χ0n) is 14.3. The number of rotatable bonds is 4. The van der Waals surface area contributed by atoms with Gasteiger partial charge in [-0.15, -0.1) is 0 Å². The summed E-state index contributed by atoms with van der Waals surface area (Å²) in [6.45, 7) is 0. The quantitative estimate of drug-likeness (QED) is 0.505. The number of nitrogens with one attached hydrogen (secondary N) is 1. The molecule has 9 heteroatoms. The standard InChI is InChI=1S/C18H13BrF2N4O2/c1-26-15-5-12-13(6-16(15)27-2)25-8-22-7-14(25)18(23-12)24-17-10(19)3-9(20)4-11(17)21/h3-8H,1-2H3,(H,23,24). The summed E-state index contributed by atoms with van der Waals surface area (Å²) in [4.78, 5) is 8.73. The first-order chi connectivity index (χ1) is 13.0. The van der Waals surface area contributed by atoms with Crippen molar-refractivity contribution in [1.82, 2.24) is 14.4 Å². The van der Waals surface area contributed by atoms with Crippen molar-refractivity contribution in [1.29, 1.82) is 0 Å². The van der Waals surface area contributed by atoms with Crippen LogP contribution in [0.1, 0.15) is 0 Å². The zero-order chi connectivity index (χ0) is 19.1. The Morgan fingerprint density at radius 2 is 1.78 bits per heavy atom. The molecule has 0 atom stereocenters. The summed E-state index contributed by atoms with van der Waals surface area (Å²) in [5, 5.41) is 2.92. The molecular weight excluding hydrogens is 422 g/mol. The number of benzene rings is 2. The van der Waals surface area contributed by atoms with Gasteiger partial charge in [0.25, 0.3) is 0 Å². The molecule has 0 spiro atoms. The fourth-order valence-corrected chi connectivity index (χ4v) is 3.36. The molecule has 0 fully saturated rings. The van der Waals surface area contributed by atoms with Gasteiger partial charge >= 0.3 is 0 Å². The number of aromatic nitrogens is 3. The Bertz CT molecular complexity index is 1160. The fourth-order valence-electron chi connectivity index (χ4n) is 2.85. The van der Waals surface area contributed by atoms with Crippen molar-refractivity contribution >= 4 is 44.0 Å². The SMILES string of the molecule is COc1cc2nc(Nc3c(F)cc(F)cc3Br)c3cncn3c2cc1OC. The van der Waals surface area contributed by atoms with Crippen molar-refractivity contribution in [2.45, 2.75) is 0 Å². The lowest BCUT2D eigenvalue weighted by Gasteiger charge is -2.14. The summed E-state index contributed by atoms with van der Waals surface area (Å²) in [7, 11) is 3.08. The predicted octanol–water partition coefficient (Wildman–Crippen LogP) is 4.68. The van der Waals surface area contributed by atoms with Crippen LogP contribution in [0, 0.1) is 11.6 Å². The number of hydrogen-bond acceptors (Lipinski definition) is 5. The number of hydrogen-bond donors (Lipinski definition) is 1. The molecule has 0 aliphatic rings. The number of imidazole rings is 1. The second-order valence-electron chi connectivity index (χ2n) is 5.67. The highest BCUT2D eigenvalue weighted by atomic mass is 79.9. The number of halogens is 3. The summed E-state index contributed by atoms with van der Waals surface area (Å²) in [5.41, 5.74) is 2.01. The number of ether oxygens (including phenoxy) is 2. The van der Waals surface area contributed by atoms with E-state index in [2.05, 4.69) is 31.2 Å². The Labute approximate surface area is 160 Å². The Balaban J connectivity index is 1.94. The maximum atomic E-state index is 14.2. The minimum absolute atomic E-state index is 0.0758. The molecule has 0 aliphatic heterocycles. The van der Waals surface area contributed by atoms with Gasteiger partial charge in [-0.1, -0.05) is 0 Å². The highest BCUT2D eigenvalue weighted by Crippen LogP contribution is 2.35. The Hall–Kier alpha value is -2.94. The number of anilines is 2. The van der Waals surface area contributed by atoms with E-state index in [9.17, 15) is 8.78 Å². The van der Waals surface area contributed by atoms with E-state index in [1.165, 1.54) is 13.2 Å². The maximum Gasteiger partial charge on any atom is 0.163 e. The first-order valence-electron chi connectivity index (χ1n) is 7.81. The summed E-state index contributed by atoms with van der Waals surface area (Å²) in [6.07, 6.45) is 3.22. The average molecular weight is 435 g/mol. The van der Waals surface area contributed by atoms with Crippen molar-refractivity contribution in [2.24, 2.45) is 0 Å². The molecule has 2 aromatic carbocycles. The Morgan fingerprint density at radius 3 is 2.48 bits per heavy atom. The molecule has 6 nitrogen and oxygen atoms in total. The van der Waals surface area contributed by atoms with Gasteiger partial charge in [0.05, 0.1) is 43.5 Å². The fraction of sp³-hybridized carbons (Fsp3) is 0.111. The van der Waals surface area contributed by atoms with Crippen molar-refractivity contribution in [2.75, 3.05) is 19.5 Å². The molecular formula is C18H13BrF2N4O2. The van der Waals surface area contributed by atoms with E-state index in [1.54, 1.807) is 36.2 Å². The van der Waals surface area contributed by atoms with Gasteiger partial charge in [0.15, 0.2) is 23.1 Å². The smallest absolute Gasteiger partial charge is 0.163 e. The lowest BCUT2D eigenvalue weighted by atomic mass is 10.2. The molecule has 2 aromatic heterocycles. The molecule has 0 aliphatic carbocycles. The van der Waals surface area contributed by atoms with Crippen LogP contribution < -0.4 is 14.8 Å². The van der Waals surface area contributed by atoms with Gasteiger partial charge in [-0.25, -0.2) is 18.7 Å². The molecule has 0 amide bonds. The third-order valence-corrected chi connectivity index (χ3v) is 4.73. The molecule has 0 radical (unpaired) electrons. The number of fused-ring (bicyclic) bond motifs is 3. The Morgan fingerprint density at radius 1 is 1.04 bits per heavy atom. The first-order valence-corrected chi connectivity index (χ1v) is 8.60. The van der Waals surface area contributed by atoms with Crippen LogP contribution >= 0.6 is 15.9 Å². The van der Waals surface area contributed by atoms with Gasteiger partial charge in [-0.3, -0.25) is 4.40 Å². The largest absolute Gasteiger partial charge is 0.493 e. The topological polar surface area (TPSA) is 60.7 Å². The van der Waals surface area contributed by atoms with Crippen molar-refractivity contribution in [3.8, 4) is 11.5 Å². The average Bonchev–Trinajstić information content (AvgIpc) is 3.13. The van der Waals surface area contributed by atoms with E-state index < -0.39 is 11.6 Å². The maximum absolute atomic E-state index is 14.2. The van der Waals surface area contributed by atoms with E-state index in [0.29, 0.717) is 28.4 Å². The highest BCUT2D eigenvalue weighted by Gasteiger charge is 2.16. The molecule has 0 saturated carbocycles. The minimum Gasteiger partial charge on any atom is -0.493 e. The van der Waals surface area contributed by atoms with Crippen molar-refractivity contribution in [3.05, 3.63) is 52.9 Å². The molecule has 2 heterocycles. The molecule has 0 unspecified atom stereocenters. The van der Waals surface area contributed by atoms with E-state index in [1.807, 2.05) is 0 Å². The Kier molecular flexibility index (Phi) is 4.31. The van der Waals surface area contributed by atoms with Crippen LogP contribution in [0.15, 0.2) is 41.3 Å². The molecule has 0 saturated heterocycles. The second kappa shape index (κ2) is 6.66. The van der Waals surface area contributed by atoms with Gasteiger partial charge < -0.3 is 14.8 Å². The van der Waals surface area contributed by atoms with Crippen LogP contribution in [0.4, 0.5) is 20.3 Å². The van der Waals surface area contributed by atoms with Crippen LogP contribution in [0.3, 0.4) is 0 Å². The van der Waals surface area contributed by atoms with E-state index >= 15 is 0 Å².